The Morgan fingerprint density at radius 3 is 2.89 bits per heavy atom. The number of rotatable bonds is 3. The van der Waals surface area contributed by atoms with E-state index in [0.29, 0.717) is 11.5 Å². The number of nitrogen functional groups attached to an aromatic ring is 1. The molecule has 0 fully saturated rings. The molecule has 1 unspecified atom stereocenters. The molecule has 0 aliphatic carbocycles. The van der Waals surface area contributed by atoms with Crippen LogP contribution in [0.25, 0.3) is 0 Å². The molecule has 0 amide bonds. The highest BCUT2D eigenvalue weighted by molar-refractivity contribution is 9.10. The van der Waals surface area contributed by atoms with Gasteiger partial charge in [0.25, 0.3) is 0 Å². The minimum Gasteiger partial charge on any atom is -0.393 e. The van der Waals surface area contributed by atoms with Gasteiger partial charge in [-0.15, -0.1) is 0 Å². The third-order valence-corrected chi connectivity index (χ3v) is 3.33. The van der Waals surface area contributed by atoms with Crippen LogP contribution in [-0.4, -0.2) is 9.97 Å². The van der Waals surface area contributed by atoms with Gasteiger partial charge in [-0.1, -0.05) is 39.7 Å². The lowest BCUT2D eigenvalue weighted by Gasteiger charge is -2.16. The Labute approximate surface area is 119 Å². The molecule has 1 aromatic heterocycles. The van der Waals surface area contributed by atoms with Crippen LogP contribution in [0.15, 0.2) is 35.1 Å². The number of anilines is 2. The zero-order chi connectivity index (χ0) is 13.1. The Morgan fingerprint density at radius 2 is 2.17 bits per heavy atom. The number of hydrogen-bond donors (Lipinski definition) is 2. The number of hydrogen-bond acceptors (Lipinski definition) is 4. The van der Waals surface area contributed by atoms with Gasteiger partial charge in [0.1, 0.15) is 12.0 Å². The number of aromatic nitrogens is 2. The average Bonchev–Trinajstić information content (AvgIpc) is 2.35. The SMILES string of the molecule is CC(Nc1ncnc(Cl)c1N)c1cccc(Br)c1. The number of benzene rings is 1. The molecule has 0 aliphatic rings. The van der Waals surface area contributed by atoms with Gasteiger partial charge in [-0.3, -0.25) is 0 Å². The van der Waals surface area contributed by atoms with E-state index in [4.69, 9.17) is 17.3 Å². The number of nitrogens with two attached hydrogens (primary N) is 1. The van der Waals surface area contributed by atoms with E-state index in [2.05, 4.69) is 31.2 Å². The maximum atomic E-state index is 5.84. The Balaban J connectivity index is 2.21. The zero-order valence-corrected chi connectivity index (χ0v) is 12.0. The molecule has 0 saturated heterocycles. The molecule has 2 aromatic rings. The molecule has 0 spiro atoms. The first-order valence-electron chi connectivity index (χ1n) is 5.36. The summed E-state index contributed by atoms with van der Waals surface area (Å²) in [6, 6.07) is 8.09. The van der Waals surface area contributed by atoms with Crippen LogP contribution in [0.2, 0.25) is 5.15 Å². The van der Waals surface area contributed by atoms with E-state index in [-0.39, 0.29) is 11.2 Å². The van der Waals surface area contributed by atoms with Gasteiger partial charge in [-0.25, -0.2) is 9.97 Å². The van der Waals surface area contributed by atoms with Crippen molar-refractivity contribution in [3.8, 4) is 0 Å². The highest BCUT2D eigenvalue weighted by atomic mass is 79.9. The lowest BCUT2D eigenvalue weighted by molar-refractivity contribution is 0.872. The van der Waals surface area contributed by atoms with Gasteiger partial charge in [-0.05, 0) is 24.6 Å². The van der Waals surface area contributed by atoms with Crippen molar-refractivity contribution < 1.29 is 0 Å². The van der Waals surface area contributed by atoms with Crippen LogP contribution in [0.3, 0.4) is 0 Å². The van der Waals surface area contributed by atoms with Crippen molar-refractivity contribution in [1.29, 1.82) is 0 Å². The van der Waals surface area contributed by atoms with Gasteiger partial charge in [0, 0.05) is 4.47 Å². The van der Waals surface area contributed by atoms with Crippen molar-refractivity contribution >= 4 is 39.0 Å². The Kier molecular flexibility index (Phi) is 4.04. The number of halogens is 2. The van der Waals surface area contributed by atoms with Gasteiger partial charge in [0.05, 0.1) is 6.04 Å². The topological polar surface area (TPSA) is 63.8 Å². The summed E-state index contributed by atoms with van der Waals surface area (Å²) in [7, 11) is 0. The summed E-state index contributed by atoms with van der Waals surface area (Å²) in [5, 5.41) is 3.47. The van der Waals surface area contributed by atoms with Crippen LogP contribution in [0.5, 0.6) is 0 Å². The van der Waals surface area contributed by atoms with Gasteiger partial charge >= 0.3 is 0 Å². The molecule has 1 atom stereocenters. The highest BCUT2D eigenvalue weighted by Crippen LogP contribution is 2.26. The lowest BCUT2D eigenvalue weighted by atomic mass is 10.1. The maximum Gasteiger partial charge on any atom is 0.157 e. The van der Waals surface area contributed by atoms with Gasteiger partial charge in [-0.2, -0.15) is 0 Å². The van der Waals surface area contributed by atoms with Crippen LogP contribution >= 0.6 is 27.5 Å². The van der Waals surface area contributed by atoms with Crippen molar-refractivity contribution in [2.24, 2.45) is 0 Å². The molecule has 2 rings (SSSR count). The van der Waals surface area contributed by atoms with Crippen LogP contribution < -0.4 is 11.1 Å². The van der Waals surface area contributed by atoms with Crippen LogP contribution in [0.4, 0.5) is 11.5 Å². The van der Waals surface area contributed by atoms with E-state index in [9.17, 15) is 0 Å². The first-order valence-corrected chi connectivity index (χ1v) is 6.53. The van der Waals surface area contributed by atoms with E-state index < -0.39 is 0 Å². The summed E-state index contributed by atoms with van der Waals surface area (Å²) >= 11 is 9.29. The molecular formula is C12H12BrClN4. The average molecular weight is 328 g/mol. The summed E-state index contributed by atoms with van der Waals surface area (Å²) in [6.07, 6.45) is 1.38. The van der Waals surface area contributed by atoms with E-state index in [1.54, 1.807) is 0 Å². The zero-order valence-electron chi connectivity index (χ0n) is 9.69. The fraction of sp³-hybridized carbons (Fsp3) is 0.167. The smallest absolute Gasteiger partial charge is 0.157 e. The van der Waals surface area contributed by atoms with Gasteiger partial charge < -0.3 is 11.1 Å². The standard InChI is InChI=1S/C12H12BrClN4/c1-7(8-3-2-4-9(13)5-8)18-12-10(15)11(14)16-6-17-12/h2-7H,15H2,1H3,(H,16,17,18). The number of nitrogens with one attached hydrogen (secondary N) is 1. The first kappa shape index (κ1) is 13.1. The Morgan fingerprint density at radius 1 is 1.39 bits per heavy atom. The molecule has 0 saturated carbocycles. The molecule has 0 radical (unpaired) electrons. The van der Waals surface area contributed by atoms with E-state index in [1.165, 1.54) is 6.33 Å². The molecule has 94 valence electrons. The van der Waals surface area contributed by atoms with Crippen molar-refractivity contribution in [2.75, 3.05) is 11.1 Å². The lowest BCUT2D eigenvalue weighted by Crippen LogP contribution is -2.10. The van der Waals surface area contributed by atoms with Crippen molar-refractivity contribution in [1.82, 2.24) is 9.97 Å². The number of nitrogens with zero attached hydrogens (tertiary/aromatic N) is 2. The molecular weight excluding hydrogens is 316 g/mol. The summed E-state index contributed by atoms with van der Waals surface area (Å²) in [4.78, 5) is 7.90. The Hall–Kier alpha value is -1.33. The maximum absolute atomic E-state index is 5.84. The second-order valence-corrected chi connectivity index (χ2v) is 5.12. The predicted octanol–water partition coefficient (Wildman–Crippen LogP) is 3.65. The largest absolute Gasteiger partial charge is 0.393 e. The molecule has 1 heterocycles. The molecule has 0 aliphatic heterocycles. The van der Waals surface area contributed by atoms with Crippen LogP contribution in [0, 0.1) is 0 Å². The Bertz CT molecular complexity index is 562. The van der Waals surface area contributed by atoms with E-state index >= 15 is 0 Å². The fourth-order valence-corrected chi connectivity index (χ4v) is 2.10. The molecule has 3 N–H and O–H groups in total. The highest BCUT2D eigenvalue weighted by Gasteiger charge is 2.10. The molecule has 6 heteroatoms. The van der Waals surface area contributed by atoms with Crippen molar-refractivity contribution in [3.63, 3.8) is 0 Å². The van der Waals surface area contributed by atoms with E-state index in [0.717, 1.165) is 10.0 Å². The third kappa shape index (κ3) is 2.91. The molecule has 0 bridgehead atoms. The van der Waals surface area contributed by atoms with E-state index in [1.807, 2.05) is 31.2 Å². The molecule has 1 aromatic carbocycles. The summed E-state index contributed by atoms with van der Waals surface area (Å²) < 4.78 is 1.03. The summed E-state index contributed by atoms with van der Waals surface area (Å²) in [6.45, 7) is 2.03. The minimum atomic E-state index is 0.0655. The first-order chi connectivity index (χ1) is 8.58. The molecule has 4 nitrogen and oxygen atoms in total. The predicted molar refractivity (Wildman–Crippen MR) is 77.6 cm³/mol. The monoisotopic (exact) mass is 326 g/mol. The van der Waals surface area contributed by atoms with Crippen LogP contribution in [0.1, 0.15) is 18.5 Å². The van der Waals surface area contributed by atoms with Gasteiger partial charge in [0.2, 0.25) is 0 Å². The third-order valence-electron chi connectivity index (χ3n) is 2.54. The summed E-state index contributed by atoms with van der Waals surface area (Å²) in [5.41, 5.74) is 7.30. The van der Waals surface area contributed by atoms with Crippen molar-refractivity contribution in [2.45, 2.75) is 13.0 Å². The second kappa shape index (κ2) is 5.54. The summed E-state index contributed by atoms with van der Waals surface area (Å²) in [5.74, 6) is 0.544. The van der Waals surface area contributed by atoms with Crippen molar-refractivity contribution in [3.05, 3.63) is 45.8 Å². The van der Waals surface area contributed by atoms with Gasteiger partial charge in [0.15, 0.2) is 11.0 Å². The molecule has 18 heavy (non-hydrogen) atoms. The normalized spacial score (nSPS) is 12.2. The van der Waals surface area contributed by atoms with Crippen LogP contribution in [-0.2, 0) is 0 Å². The second-order valence-electron chi connectivity index (χ2n) is 3.85. The minimum absolute atomic E-state index is 0.0655. The quantitative estimate of drug-likeness (QED) is 0.845. The fourth-order valence-electron chi connectivity index (χ4n) is 1.55.